The van der Waals surface area contributed by atoms with Gasteiger partial charge < -0.3 is 0 Å². The topological polar surface area (TPSA) is 46.4 Å². The number of hydrogen-bond acceptors (Lipinski definition) is 3. The van der Waals surface area contributed by atoms with E-state index in [2.05, 4.69) is 11.8 Å². The molecule has 1 saturated heterocycles. The molecule has 0 N–H and O–H groups in total. The smallest absolute Gasteiger partial charge is 0.269 e. The molecule has 0 spiro atoms. The molecule has 0 bridgehead atoms. The third-order valence-corrected chi connectivity index (χ3v) is 3.51. The molecule has 0 saturated carbocycles. The second-order valence-corrected chi connectivity index (χ2v) is 5.07. The summed E-state index contributed by atoms with van der Waals surface area (Å²) >= 11 is 6.07. The number of benzene rings is 1. The predicted molar refractivity (Wildman–Crippen MR) is 67.2 cm³/mol. The lowest BCUT2D eigenvalue weighted by atomic mass is 10.1. The minimum Gasteiger partial charge on any atom is -0.299 e. The highest BCUT2D eigenvalue weighted by atomic mass is 35.5. The average molecular weight is 255 g/mol. The van der Waals surface area contributed by atoms with Crippen LogP contribution in [0.15, 0.2) is 18.2 Å². The second-order valence-electron chi connectivity index (χ2n) is 4.66. The molecule has 1 aliphatic rings. The van der Waals surface area contributed by atoms with Gasteiger partial charge in [-0.1, -0.05) is 18.5 Å². The SMILES string of the molecule is CC1CCN(Cc2cc([N+](=O)[O-])ccc2Cl)C1. The molecular formula is C12H15ClN2O2. The number of rotatable bonds is 3. The number of likely N-dealkylation sites (tertiary alicyclic amines) is 1. The van der Waals surface area contributed by atoms with E-state index in [1.54, 1.807) is 12.1 Å². The van der Waals surface area contributed by atoms with Crippen LogP contribution in [0.3, 0.4) is 0 Å². The summed E-state index contributed by atoms with van der Waals surface area (Å²) in [5, 5.41) is 11.3. The number of nitrogens with zero attached hydrogens (tertiary/aromatic N) is 2. The Kier molecular flexibility index (Phi) is 3.64. The maximum absolute atomic E-state index is 10.7. The zero-order valence-corrected chi connectivity index (χ0v) is 10.5. The Labute approximate surface area is 105 Å². The summed E-state index contributed by atoms with van der Waals surface area (Å²) < 4.78 is 0. The Morgan fingerprint density at radius 1 is 1.59 bits per heavy atom. The van der Waals surface area contributed by atoms with Gasteiger partial charge in [-0.25, -0.2) is 0 Å². The normalized spacial score (nSPS) is 20.7. The minimum absolute atomic E-state index is 0.108. The fourth-order valence-electron chi connectivity index (χ4n) is 2.21. The van der Waals surface area contributed by atoms with E-state index in [0.717, 1.165) is 18.7 Å². The van der Waals surface area contributed by atoms with Crippen LogP contribution in [-0.4, -0.2) is 22.9 Å². The highest BCUT2D eigenvalue weighted by molar-refractivity contribution is 6.31. The van der Waals surface area contributed by atoms with Crippen molar-refractivity contribution >= 4 is 17.3 Å². The maximum Gasteiger partial charge on any atom is 0.269 e. The van der Waals surface area contributed by atoms with E-state index in [1.807, 2.05) is 0 Å². The Morgan fingerprint density at radius 2 is 2.35 bits per heavy atom. The molecule has 1 heterocycles. The van der Waals surface area contributed by atoms with Crippen LogP contribution in [0.2, 0.25) is 5.02 Å². The van der Waals surface area contributed by atoms with E-state index in [-0.39, 0.29) is 10.6 Å². The van der Waals surface area contributed by atoms with Crippen molar-refractivity contribution < 1.29 is 4.92 Å². The van der Waals surface area contributed by atoms with Crippen LogP contribution in [0.5, 0.6) is 0 Å². The molecule has 92 valence electrons. The van der Waals surface area contributed by atoms with Gasteiger partial charge in [0.1, 0.15) is 0 Å². The van der Waals surface area contributed by atoms with Gasteiger partial charge in [-0.2, -0.15) is 0 Å². The van der Waals surface area contributed by atoms with Gasteiger partial charge in [-0.05, 0) is 30.5 Å². The lowest BCUT2D eigenvalue weighted by molar-refractivity contribution is -0.384. The lowest BCUT2D eigenvalue weighted by Gasteiger charge is -2.15. The number of halogens is 1. The van der Waals surface area contributed by atoms with Crippen molar-refractivity contribution in [1.82, 2.24) is 4.90 Å². The van der Waals surface area contributed by atoms with Crippen LogP contribution in [0.4, 0.5) is 5.69 Å². The molecule has 1 aliphatic heterocycles. The maximum atomic E-state index is 10.7. The van der Waals surface area contributed by atoms with Gasteiger partial charge in [0.2, 0.25) is 0 Å². The van der Waals surface area contributed by atoms with E-state index < -0.39 is 0 Å². The summed E-state index contributed by atoms with van der Waals surface area (Å²) in [5.74, 6) is 0.701. The summed E-state index contributed by atoms with van der Waals surface area (Å²) in [6.07, 6.45) is 1.19. The quantitative estimate of drug-likeness (QED) is 0.615. The van der Waals surface area contributed by atoms with Crippen molar-refractivity contribution in [3.63, 3.8) is 0 Å². The fourth-order valence-corrected chi connectivity index (χ4v) is 2.38. The summed E-state index contributed by atoms with van der Waals surface area (Å²) in [5.41, 5.74) is 0.951. The van der Waals surface area contributed by atoms with Gasteiger partial charge in [-0.15, -0.1) is 0 Å². The molecule has 0 radical (unpaired) electrons. The first-order valence-corrected chi connectivity index (χ1v) is 6.09. The van der Waals surface area contributed by atoms with Crippen LogP contribution in [-0.2, 0) is 6.54 Å². The van der Waals surface area contributed by atoms with E-state index in [9.17, 15) is 10.1 Å². The Balaban J connectivity index is 2.14. The number of non-ortho nitro benzene ring substituents is 1. The van der Waals surface area contributed by atoms with Crippen molar-refractivity contribution in [2.75, 3.05) is 13.1 Å². The molecule has 4 nitrogen and oxygen atoms in total. The average Bonchev–Trinajstić information content (AvgIpc) is 2.67. The zero-order valence-electron chi connectivity index (χ0n) is 9.73. The molecule has 2 rings (SSSR count). The molecule has 0 amide bonds. The van der Waals surface area contributed by atoms with E-state index >= 15 is 0 Å². The largest absolute Gasteiger partial charge is 0.299 e. The Bertz CT molecular complexity index is 437. The molecule has 1 aromatic rings. The van der Waals surface area contributed by atoms with Crippen LogP contribution < -0.4 is 0 Å². The van der Waals surface area contributed by atoms with E-state index in [4.69, 9.17) is 11.6 Å². The van der Waals surface area contributed by atoms with Gasteiger partial charge in [0.25, 0.3) is 5.69 Å². The molecule has 1 unspecified atom stereocenters. The number of nitro groups is 1. The summed E-state index contributed by atoms with van der Waals surface area (Å²) in [6, 6.07) is 4.62. The first-order chi connectivity index (χ1) is 8.06. The van der Waals surface area contributed by atoms with Crippen molar-refractivity contribution in [3.05, 3.63) is 38.9 Å². The minimum atomic E-state index is -0.383. The van der Waals surface area contributed by atoms with Gasteiger partial charge >= 0.3 is 0 Å². The van der Waals surface area contributed by atoms with Gasteiger partial charge in [0, 0.05) is 30.2 Å². The van der Waals surface area contributed by atoms with Crippen LogP contribution in [0.1, 0.15) is 18.9 Å². The molecule has 1 atom stereocenters. The van der Waals surface area contributed by atoms with Gasteiger partial charge in [0.15, 0.2) is 0 Å². The summed E-state index contributed by atoms with van der Waals surface area (Å²) in [4.78, 5) is 12.6. The van der Waals surface area contributed by atoms with Gasteiger partial charge in [-0.3, -0.25) is 15.0 Å². The van der Waals surface area contributed by atoms with Crippen molar-refractivity contribution in [1.29, 1.82) is 0 Å². The second kappa shape index (κ2) is 5.02. The highest BCUT2D eigenvalue weighted by Gasteiger charge is 2.20. The van der Waals surface area contributed by atoms with Crippen LogP contribution in [0, 0.1) is 16.0 Å². The van der Waals surface area contributed by atoms with Gasteiger partial charge in [0.05, 0.1) is 4.92 Å². The first kappa shape index (κ1) is 12.3. The van der Waals surface area contributed by atoms with Crippen molar-refractivity contribution in [2.45, 2.75) is 19.9 Å². The molecule has 17 heavy (non-hydrogen) atoms. The standard InChI is InChI=1S/C12H15ClN2O2/c1-9-4-5-14(7-9)8-10-6-11(15(16)17)2-3-12(10)13/h2-3,6,9H,4-5,7-8H2,1H3. The highest BCUT2D eigenvalue weighted by Crippen LogP contribution is 2.25. The molecule has 1 aromatic carbocycles. The summed E-state index contributed by atoms with van der Waals surface area (Å²) in [6.45, 7) is 5.00. The third kappa shape index (κ3) is 2.96. The molecule has 0 aliphatic carbocycles. The van der Waals surface area contributed by atoms with Crippen molar-refractivity contribution in [3.8, 4) is 0 Å². The fraction of sp³-hybridized carbons (Fsp3) is 0.500. The zero-order chi connectivity index (χ0) is 12.4. The van der Waals surface area contributed by atoms with E-state index in [1.165, 1.54) is 12.5 Å². The third-order valence-electron chi connectivity index (χ3n) is 3.14. The van der Waals surface area contributed by atoms with Crippen LogP contribution in [0.25, 0.3) is 0 Å². The molecule has 0 aromatic heterocycles. The monoisotopic (exact) mass is 254 g/mol. The molecular weight excluding hydrogens is 240 g/mol. The first-order valence-electron chi connectivity index (χ1n) is 5.71. The Hall–Kier alpha value is -1.13. The van der Waals surface area contributed by atoms with Crippen molar-refractivity contribution in [2.24, 2.45) is 5.92 Å². The van der Waals surface area contributed by atoms with Crippen LogP contribution >= 0.6 is 11.6 Å². The molecule has 5 heteroatoms. The number of nitro benzene ring substituents is 1. The molecule has 1 fully saturated rings. The van der Waals surface area contributed by atoms with E-state index in [0.29, 0.717) is 17.5 Å². The predicted octanol–water partition coefficient (Wildman–Crippen LogP) is 3.09. The lowest BCUT2D eigenvalue weighted by Crippen LogP contribution is -2.19. The summed E-state index contributed by atoms with van der Waals surface area (Å²) in [7, 11) is 0. The number of hydrogen-bond donors (Lipinski definition) is 0. The Morgan fingerprint density at radius 3 is 2.94 bits per heavy atom.